The topological polar surface area (TPSA) is 22.1 Å². The van der Waals surface area contributed by atoms with Crippen molar-refractivity contribution in [1.29, 1.82) is 0 Å². The summed E-state index contributed by atoms with van der Waals surface area (Å²) in [6.45, 7) is 1.69. The summed E-state index contributed by atoms with van der Waals surface area (Å²) in [5.74, 6) is 0.359. The van der Waals surface area contributed by atoms with E-state index in [4.69, 9.17) is 4.74 Å². The highest BCUT2D eigenvalue weighted by Gasteiger charge is 2.17. The largest absolute Gasteiger partial charge is 0.494 e. The van der Waals surface area contributed by atoms with E-state index in [0.717, 1.165) is 6.20 Å². The Morgan fingerprint density at radius 3 is 2.62 bits per heavy atom. The molecular weight excluding hydrogens is 244 g/mol. The Morgan fingerprint density at radius 2 is 2.15 bits per heavy atom. The molecule has 0 aromatic carbocycles. The molecule has 0 N–H and O–H groups in total. The molecule has 72 valence electrons. The van der Waals surface area contributed by atoms with Crippen molar-refractivity contribution in [2.45, 2.75) is 13.3 Å². The zero-order chi connectivity index (χ0) is 10.0. The van der Waals surface area contributed by atoms with Crippen LogP contribution in [0.4, 0.5) is 8.78 Å². The zero-order valence-corrected chi connectivity index (χ0v) is 8.73. The van der Waals surface area contributed by atoms with Crippen LogP contribution < -0.4 is 4.74 Å². The summed E-state index contributed by atoms with van der Waals surface area (Å²) in [5, 5.41) is 0. The molecule has 5 heteroatoms. The van der Waals surface area contributed by atoms with Crippen molar-refractivity contribution in [2.24, 2.45) is 0 Å². The lowest BCUT2D eigenvalue weighted by molar-refractivity contribution is 0.149. The van der Waals surface area contributed by atoms with Gasteiger partial charge in [0.05, 0.1) is 22.8 Å². The molecular formula is C8H8BrF2NO. The molecule has 0 spiro atoms. The van der Waals surface area contributed by atoms with Crippen LogP contribution in [0.2, 0.25) is 0 Å². The second kappa shape index (κ2) is 4.00. The minimum absolute atomic E-state index is 0.151. The van der Waals surface area contributed by atoms with Crippen LogP contribution in [0.15, 0.2) is 10.7 Å². The maximum Gasteiger partial charge on any atom is 0.266 e. The number of hydrogen-bond donors (Lipinski definition) is 0. The first kappa shape index (κ1) is 10.4. The molecule has 13 heavy (non-hydrogen) atoms. The first-order chi connectivity index (χ1) is 6.07. The molecule has 0 saturated carbocycles. The number of alkyl halides is 2. The van der Waals surface area contributed by atoms with Crippen molar-refractivity contribution in [3.8, 4) is 5.75 Å². The van der Waals surface area contributed by atoms with E-state index < -0.39 is 6.43 Å². The first-order valence-electron chi connectivity index (χ1n) is 3.55. The molecule has 0 aliphatic heterocycles. The third-order valence-electron chi connectivity index (χ3n) is 1.62. The van der Waals surface area contributed by atoms with Gasteiger partial charge in [-0.15, -0.1) is 0 Å². The van der Waals surface area contributed by atoms with Crippen LogP contribution in [0.25, 0.3) is 0 Å². The fourth-order valence-electron chi connectivity index (χ4n) is 0.961. The third-order valence-corrected chi connectivity index (χ3v) is 2.44. The summed E-state index contributed by atoms with van der Waals surface area (Å²) in [6.07, 6.45) is -1.40. The number of nitrogens with zero attached hydrogens (tertiary/aromatic N) is 1. The summed E-state index contributed by atoms with van der Waals surface area (Å²) in [4.78, 5) is 3.80. The monoisotopic (exact) mass is 251 g/mol. The number of halogens is 3. The van der Waals surface area contributed by atoms with Crippen LogP contribution in [-0.2, 0) is 0 Å². The van der Waals surface area contributed by atoms with Gasteiger partial charge in [0, 0.05) is 6.20 Å². The normalized spacial score (nSPS) is 10.6. The van der Waals surface area contributed by atoms with E-state index in [1.807, 2.05) is 0 Å². The maximum absolute atomic E-state index is 12.4. The van der Waals surface area contributed by atoms with Crippen LogP contribution in [0, 0.1) is 6.92 Å². The van der Waals surface area contributed by atoms with Gasteiger partial charge >= 0.3 is 0 Å². The predicted molar refractivity (Wildman–Crippen MR) is 48.2 cm³/mol. The van der Waals surface area contributed by atoms with Gasteiger partial charge in [-0.1, -0.05) is 0 Å². The third kappa shape index (κ3) is 1.96. The molecule has 0 atom stereocenters. The Balaban J connectivity index is 3.27. The van der Waals surface area contributed by atoms with Gasteiger partial charge in [0.2, 0.25) is 0 Å². The van der Waals surface area contributed by atoms with Crippen LogP contribution in [0.3, 0.4) is 0 Å². The number of methoxy groups -OCH3 is 1. The highest BCUT2D eigenvalue weighted by atomic mass is 79.9. The van der Waals surface area contributed by atoms with Crippen LogP contribution in [0.1, 0.15) is 17.7 Å². The minimum Gasteiger partial charge on any atom is -0.494 e. The Kier molecular flexibility index (Phi) is 3.19. The fourth-order valence-corrected chi connectivity index (χ4v) is 1.69. The highest BCUT2D eigenvalue weighted by Crippen LogP contribution is 2.35. The smallest absolute Gasteiger partial charge is 0.266 e. The van der Waals surface area contributed by atoms with E-state index in [1.54, 1.807) is 6.92 Å². The molecule has 0 bridgehead atoms. The molecule has 0 aliphatic rings. The molecule has 1 heterocycles. The van der Waals surface area contributed by atoms with Gasteiger partial charge in [-0.05, 0) is 22.9 Å². The van der Waals surface area contributed by atoms with Crippen molar-refractivity contribution in [2.75, 3.05) is 7.11 Å². The number of pyridine rings is 1. The van der Waals surface area contributed by atoms with Gasteiger partial charge < -0.3 is 4.74 Å². The van der Waals surface area contributed by atoms with Gasteiger partial charge in [-0.25, -0.2) is 8.78 Å². The number of rotatable bonds is 2. The van der Waals surface area contributed by atoms with Crippen LogP contribution in [0.5, 0.6) is 5.75 Å². The van der Waals surface area contributed by atoms with E-state index >= 15 is 0 Å². The van der Waals surface area contributed by atoms with Crippen molar-refractivity contribution in [3.05, 3.63) is 21.9 Å². The average Bonchev–Trinajstić information content (AvgIpc) is 2.04. The first-order valence-corrected chi connectivity index (χ1v) is 4.34. The molecule has 0 radical (unpaired) electrons. The lowest BCUT2D eigenvalue weighted by Crippen LogP contribution is -1.96. The summed E-state index contributed by atoms with van der Waals surface area (Å²) < 4.78 is 29.9. The summed E-state index contributed by atoms with van der Waals surface area (Å²) in [7, 11) is 1.42. The minimum atomic E-state index is -2.55. The molecule has 0 aliphatic carbocycles. The second-order valence-corrected chi connectivity index (χ2v) is 3.24. The zero-order valence-electron chi connectivity index (χ0n) is 7.14. The number of hydrogen-bond acceptors (Lipinski definition) is 2. The Hall–Kier alpha value is -0.710. The van der Waals surface area contributed by atoms with Crippen LogP contribution in [-0.4, -0.2) is 12.1 Å². The Bertz CT molecular complexity index is 317. The fraction of sp³-hybridized carbons (Fsp3) is 0.375. The van der Waals surface area contributed by atoms with Crippen molar-refractivity contribution in [1.82, 2.24) is 4.98 Å². The van der Waals surface area contributed by atoms with Crippen molar-refractivity contribution >= 4 is 15.9 Å². The average molecular weight is 252 g/mol. The second-order valence-electron chi connectivity index (χ2n) is 2.45. The van der Waals surface area contributed by atoms with E-state index in [2.05, 4.69) is 20.9 Å². The maximum atomic E-state index is 12.4. The van der Waals surface area contributed by atoms with Gasteiger partial charge in [-0.2, -0.15) is 0 Å². The van der Waals surface area contributed by atoms with Crippen LogP contribution >= 0.6 is 15.9 Å². The van der Waals surface area contributed by atoms with Gasteiger partial charge in [0.1, 0.15) is 0 Å². The Labute approximate surface area is 83.1 Å². The van der Waals surface area contributed by atoms with Gasteiger partial charge in [0.25, 0.3) is 6.43 Å². The molecule has 1 aromatic heterocycles. The molecule has 1 aromatic rings. The number of aryl methyl sites for hydroxylation is 1. The summed E-state index contributed by atoms with van der Waals surface area (Å²) >= 11 is 3.05. The SMILES string of the molecule is COc1c(C)ncc(C(F)F)c1Br. The summed E-state index contributed by atoms with van der Waals surface area (Å²) in [5.41, 5.74) is 0.432. The number of aromatic nitrogens is 1. The molecule has 0 unspecified atom stereocenters. The van der Waals surface area contributed by atoms with E-state index in [0.29, 0.717) is 11.4 Å². The van der Waals surface area contributed by atoms with Crippen molar-refractivity contribution < 1.29 is 13.5 Å². The molecule has 0 fully saturated rings. The van der Waals surface area contributed by atoms with E-state index in [1.165, 1.54) is 7.11 Å². The molecule has 0 saturated heterocycles. The van der Waals surface area contributed by atoms with E-state index in [9.17, 15) is 8.78 Å². The van der Waals surface area contributed by atoms with E-state index in [-0.39, 0.29) is 10.0 Å². The lowest BCUT2D eigenvalue weighted by Gasteiger charge is -2.09. The lowest BCUT2D eigenvalue weighted by atomic mass is 10.2. The number of ether oxygens (including phenoxy) is 1. The summed E-state index contributed by atoms with van der Waals surface area (Å²) in [6, 6.07) is 0. The standard InChI is InChI=1S/C8H8BrF2NO/c1-4-7(13-2)6(9)5(3-12-4)8(10)11/h3,8H,1-2H3. The predicted octanol–water partition coefficient (Wildman–Crippen LogP) is 3.10. The quantitative estimate of drug-likeness (QED) is 0.806. The molecule has 2 nitrogen and oxygen atoms in total. The van der Waals surface area contributed by atoms with Gasteiger partial charge in [0.15, 0.2) is 5.75 Å². The van der Waals surface area contributed by atoms with Gasteiger partial charge in [-0.3, -0.25) is 4.98 Å². The molecule has 1 rings (SSSR count). The Morgan fingerprint density at radius 1 is 1.54 bits per heavy atom. The highest BCUT2D eigenvalue weighted by molar-refractivity contribution is 9.10. The molecule has 0 amide bonds. The van der Waals surface area contributed by atoms with Crippen molar-refractivity contribution in [3.63, 3.8) is 0 Å².